The number of rotatable bonds is 1. The molecule has 0 amide bonds. The molecule has 9 aliphatic rings. The van der Waals surface area contributed by atoms with E-state index in [0.717, 1.165) is 6.42 Å². The zero-order valence-electron chi connectivity index (χ0n) is 29.2. The number of halogens is 2. The summed E-state index contributed by atoms with van der Waals surface area (Å²) < 4.78 is 0. The largest absolute Gasteiger partial charge is 0.286 e. The molecule has 4 saturated carbocycles. The molecule has 4 aliphatic carbocycles. The SMILES string of the molecule is CC(C)(C)[Si](Cl)(Cl)C1CCCC2C3NC4NC(NC5NC(NC6NC(NC(N3)C21)C1CCCCC61)C1CCCCC51)C1CCCCC41. The van der Waals surface area contributed by atoms with E-state index in [2.05, 4.69) is 63.3 Å². The summed E-state index contributed by atoms with van der Waals surface area (Å²) in [4.78, 5) is 0. The zero-order chi connectivity index (χ0) is 32.1. The van der Waals surface area contributed by atoms with E-state index in [1.54, 1.807) is 0 Å². The smallest absolute Gasteiger partial charge is 0.259 e. The van der Waals surface area contributed by atoms with Gasteiger partial charge in [-0.1, -0.05) is 72.1 Å². The molecule has 0 spiro atoms. The Hall–Kier alpha value is 0.477. The number of fused-ring (bicyclic) bond motifs is 20. The van der Waals surface area contributed by atoms with Crippen LogP contribution in [0.5, 0.6) is 0 Å². The van der Waals surface area contributed by atoms with Gasteiger partial charge in [-0.25, -0.2) is 0 Å². The molecule has 9 rings (SSSR count). The molecule has 8 bridgehead atoms. The second-order valence-corrected chi connectivity index (χ2v) is 26.3. The molecule has 266 valence electrons. The molecule has 0 aromatic carbocycles. The van der Waals surface area contributed by atoms with Crippen molar-refractivity contribution in [3.8, 4) is 0 Å². The lowest BCUT2D eigenvalue weighted by atomic mass is 9.76. The average molecular weight is 708 g/mol. The van der Waals surface area contributed by atoms with E-state index in [4.69, 9.17) is 22.2 Å². The molecule has 9 fully saturated rings. The first-order valence-electron chi connectivity index (χ1n) is 20.1. The lowest BCUT2D eigenvalue weighted by Gasteiger charge is -2.47. The fourth-order valence-electron chi connectivity index (χ4n) is 13.0. The monoisotopic (exact) mass is 706 g/mol. The Bertz CT molecular complexity index is 1140. The summed E-state index contributed by atoms with van der Waals surface area (Å²) in [5.74, 6) is 5.06. The van der Waals surface area contributed by atoms with Crippen molar-refractivity contribution < 1.29 is 0 Å². The van der Waals surface area contributed by atoms with Crippen molar-refractivity contribution in [1.82, 2.24) is 42.5 Å². The summed E-state index contributed by atoms with van der Waals surface area (Å²) in [5, 5.41) is 34.0. The van der Waals surface area contributed by atoms with Crippen molar-refractivity contribution in [1.29, 1.82) is 0 Å². The fourth-order valence-corrected chi connectivity index (χ4v) is 17.2. The molecule has 11 heteroatoms. The van der Waals surface area contributed by atoms with Gasteiger partial charge in [-0.05, 0) is 103 Å². The average Bonchev–Trinajstić information content (AvgIpc) is 3.80. The maximum absolute atomic E-state index is 7.64. The van der Waals surface area contributed by atoms with Gasteiger partial charge in [0.05, 0.1) is 49.3 Å². The zero-order valence-corrected chi connectivity index (χ0v) is 31.7. The Balaban J connectivity index is 1.08. The summed E-state index contributed by atoms with van der Waals surface area (Å²) in [7, 11) is 0. The highest BCUT2D eigenvalue weighted by atomic mass is 35.7. The lowest BCUT2D eigenvalue weighted by molar-refractivity contribution is 0.167. The molecule has 0 radical (unpaired) electrons. The predicted octanol–water partition coefficient (Wildman–Crippen LogP) is 5.31. The van der Waals surface area contributed by atoms with Crippen molar-refractivity contribution in [2.75, 3.05) is 0 Å². The van der Waals surface area contributed by atoms with Crippen LogP contribution in [0.15, 0.2) is 0 Å². The number of hydrogen-bond acceptors (Lipinski definition) is 8. The molecule has 5 aliphatic heterocycles. The van der Waals surface area contributed by atoms with Crippen LogP contribution in [0.4, 0.5) is 0 Å². The molecule has 8 N–H and O–H groups in total. The van der Waals surface area contributed by atoms with Crippen LogP contribution >= 0.6 is 22.2 Å². The van der Waals surface area contributed by atoms with Crippen molar-refractivity contribution >= 4 is 28.9 Å². The summed E-state index contributed by atoms with van der Waals surface area (Å²) in [5.41, 5.74) is 0.373. The lowest BCUT2D eigenvalue weighted by Crippen LogP contribution is -2.62. The van der Waals surface area contributed by atoms with Gasteiger partial charge in [0.1, 0.15) is 0 Å². The van der Waals surface area contributed by atoms with Gasteiger partial charge in [0.2, 0.25) is 0 Å². The van der Waals surface area contributed by atoms with Gasteiger partial charge < -0.3 is 0 Å². The predicted molar refractivity (Wildman–Crippen MR) is 193 cm³/mol. The minimum Gasteiger partial charge on any atom is -0.286 e. The molecule has 5 heterocycles. The maximum atomic E-state index is 7.64. The van der Waals surface area contributed by atoms with Gasteiger partial charge in [-0.15, -0.1) is 22.2 Å². The van der Waals surface area contributed by atoms with Gasteiger partial charge >= 0.3 is 0 Å². The highest BCUT2D eigenvalue weighted by molar-refractivity contribution is 7.47. The Labute approximate surface area is 294 Å². The Morgan fingerprint density at radius 1 is 0.383 bits per heavy atom. The first kappa shape index (κ1) is 33.3. The second-order valence-electron chi connectivity index (χ2n) is 18.6. The molecule has 5 saturated heterocycles. The highest BCUT2D eigenvalue weighted by Gasteiger charge is 2.61. The summed E-state index contributed by atoms with van der Waals surface area (Å²) in [6.07, 6.45) is 22.4. The van der Waals surface area contributed by atoms with E-state index in [9.17, 15) is 0 Å². The molecule has 0 aromatic heterocycles. The third-order valence-corrected chi connectivity index (χ3v) is 24.0. The fraction of sp³-hybridized carbons (Fsp3) is 1.00. The molecular formula is C36H64Cl2N8Si. The van der Waals surface area contributed by atoms with Crippen molar-refractivity contribution in [3.63, 3.8) is 0 Å². The maximum Gasteiger partial charge on any atom is 0.259 e. The standard InChI is InChI=1S/C36H64Cl2N8Si/c1-36(2,3)47(37,38)26-18-10-17-25-27(26)35-45-33-24-16-9-8-15-23(24)31(43-33)41-29-20-12-5-4-11-19(20)28(39-29)40-30-21-13-6-7-14-22(21)32(42-30)44-34(25)46-35/h19-35,39-46H,4-18H2,1-3H3. The van der Waals surface area contributed by atoms with Crippen LogP contribution in [0.25, 0.3) is 0 Å². The Kier molecular flexibility index (Phi) is 9.11. The van der Waals surface area contributed by atoms with E-state index >= 15 is 0 Å². The second kappa shape index (κ2) is 12.9. The third-order valence-electron chi connectivity index (χ3n) is 15.4. The van der Waals surface area contributed by atoms with Crippen molar-refractivity contribution in [2.45, 2.75) is 177 Å². The van der Waals surface area contributed by atoms with Gasteiger partial charge in [0.15, 0.2) is 0 Å². The van der Waals surface area contributed by atoms with Crippen LogP contribution in [0.1, 0.15) is 117 Å². The Morgan fingerprint density at radius 2 is 0.660 bits per heavy atom. The summed E-state index contributed by atoms with van der Waals surface area (Å²) >= 11 is 15.3. The van der Waals surface area contributed by atoms with Gasteiger partial charge in [0, 0.05) is 0 Å². The topological polar surface area (TPSA) is 96.2 Å². The molecule has 17 unspecified atom stereocenters. The third kappa shape index (κ3) is 5.75. The van der Waals surface area contributed by atoms with Gasteiger partial charge in [-0.3, -0.25) is 42.5 Å². The van der Waals surface area contributed by atoms with E-state index in [0.29, 0.717) is 89.9 Å². The van der Waals surface area contributed by atoms with E-state index in [1.165, 1.54) is 89.9 Å². The van der Waals surface area contributed by atoms with Gasteiger partial charge in [0.25, 0.3) is 6.69 Å². The van der Waals surface area contributed by atoms with Crippen molar-refractivity contribution in [3.05, 3.63) is 0 Å². The summed E-state index contributed by atoms with van der Waals surface area (Å²) in [6, 6.07) is 0. The minimum atomic E-state index is -2.61. The highest BCUT2D eigenvalue weighted by Crippen LogP contribution is 2.59. The van der Waals surface area contributed by atoms with Crippen LogP contribution in [-0.2, 0) is 0 Å². The molecule has 17 atom stereocenters. The van der Waals surface area contributed by atoms with E-state index < -0.39 is 6.69 Å². The molecule has 47 heavy (non-hydrogen) atoms. The van der Waals surface area contributed by atoms with Crippen LogP contribution < -0.4 is 42.5 Å². The first-order chi connectivity index (χ1) is 22.7. The van der Waals surface area contributed by atoms with Crippen LogP contribution in [0, 0.1) is 47.3 Å². The minimum absolute atomic E-state index is 0.0619. The molecular weight excluding hydrogens is 643 g/mol. The summed E-state index contributed by atoms with van der Waals surface area (Å²) in [6.45, 7) is 4.27. The molecule has 8 nitrogen and oxygen atoms in total. The van der Waals surface area contributed by atoms with E-state index in [1.807, 2.05) is 0 Å². The number of nitrogens with one attached hydrogen (secondary N) is 8. The van der Waals surface area contributed by atoms with Crippen molar-refractivity contribution in [2.24, 2.45) is 47.3 Å². The Morgan fingerprint density at radius 3 is 0.979 bits per heavy atom. The first-order valence-corrected chi connectivity index (χ1v) is 24.2. The van der Waals surface area contributed by atoms with Crippen LogP contribution in [0.2, 0.25) is 10.6 Å². The van der Waals surface area contributed by atoms with Gasteiger partial charge in [-0.2, -0.15) is 0 Å². The number of hydrogen-bond donors (Lipinski definition) is 8. The van der Waals surface area contributed by atoms with Crippen LogP contribution in [-0.4, -0.2) is 56.0 Å². The van der Waals surface area contributed by atoms with Crippen LogP contribution in [0.3, 0.4) is 0 Å². The quantitative estimate of drug-likeness (QED) is 0.138. The van der Waals surface area contributed by atoms with E-state index in [-0.39, 0.29) is 17.4 Å². The molecule has 0 aromatic rings. The normalized spacial score (nSPS) is 53.2.